The molecule has 0 fully saturated rings. The average molecular weight is 358 g/mol. The number of allylic oxidation sites excluding steroid dienone is 1. The summed E-state index contributed by atoms with van der Waals surface area (Å²) in [6.45, 7) is 8.00. The highest BCUT2D eigenvalue weighted by Gasteiger charge is 2.16. The zero-order valence-electron chi connectivity index (χ0n) is 16.6. The molecule has 0 radical (unpaired) electrons. The maximum absolute atomic E-state index is 4.63. The first-order valence-electron chi connectivity index (χ1n) is 9.91. The number of aromatic amines is 1. The van der Waals surface area contributed by atoms with Crippen molar-refractivity contribution in [2.75, 3.05) is 0 Å². The van der Waals surface area contributed by atoms with Crippen molar-refractivity contribution in [3.63, 3.8) is 0 Å². The topological polar surface area (TPSA) is 41.6 Å². The molecule has 0 aliphatic heterocycles. The number of hydrogen-bond donors (Lipinski definition) is 1. The Kier molecular flexibility index (Phi) is 6.02. The van der Waals surface area contributed by atoms with Crippen molar-refractivity contribution in [3.8, 4) is 11.3 Å². The summed E-state index contributed by atoms with van der Waals surface area (Å²) in [6, 6.07) is 12.5. The lowest BCUT2D eigenvalue weighted by atomic mass is 10.0. The van der Waals surface area contributed by atoms with E-state index in [0.29, 0.717) is 0 Å². The van der Waals surface area contributed by atoms with Gasteiger partial charge < -0.3 is 4.98 Å². The number of aryl methyl sites for hydroxylation is 1. The summed E-state index contributed by atoms with van der Waals surface area (Å²) < 4.78 is 0. The molecule has 4 aromatic rings. The molecule has 3 aromatic heterocycles. The van der Waals surface area contributed by atoms with Crippen molar-refractivity contribution in [2.45, 2.75) is 40.5 Å². The third-order valence-electron chi connectivity index (χ3n) is 4.57. The first-order chi connectivity index (χ1) is 13.4. The van der Waals surface area contributed by atoms with Crippen molar-refractivity contribution >= 4 is 27.9 Å². The molecule has 3 heterocycles. The van der Waals surface area contributed by atoms with Gasteiger partial charge in [0.15, 0.2) is 0 Å². The minimum atomic E-state index is 0.976. The van der Waals surface area contributed by atoms with Gasteiger partial charge in [0.05, 0.1) is 16.7 Å². The van der Waals surface area contributed by atoms with E-state index >= 15 is 0 Å². The molecule has 0 spiro atoms. The van der Waals surface area contributed by atoms with Crippen LogP contribution < -0.4 is 0 Å². The van der Waals surface area contributed by atoms with Crippen LogP contribution in [0.25, 0.3) is 39.1 Å². The highest BCUT2D eigenvalue weighted by Crippen LogP contribution is 2.33. The number of fused-ring (bicyclic) bond motifs is 4. The van der Waals surface area contributed by atoms with Gasteiger partial charge in [0.2, 0.25) is 0 Å². The molecule has 1 aromatic carbocycles. The van der Waals surface area contributed by atoms with Gasteiger partial charge in [0, 0.05) is 34.4 Å². The van der Waals surface area contributed by atoms with Crippen molar-refractivity contribution in [2.24, 2.45) is 0 Å². The number of benzene rings is 1. The molecular formula is C24H27N3. The molecule has 1 N–H and O–H groups in total. The maximum atomic E-state index is 4.63. The molecule has 1 aliphatic rings. The molecule has 27 heavy (non-hydrogen) atoms. The smallest absolute Gasteiger partial charge is 0.0958 e. The summed E-state index contributed by atoms with van der Waals surface area (Å²) in [4.78, 5) is 12.8. The monoisotopic (exact) mass is 357 g/mol. The predicted octanol–water partition coefficient (Wildman–Crippen LogP) is 6.79. The first kappa shape index (κ1) is 18.8. The van der Waals surface area contributed by atoms with Crippen LogP contribution >= 0.6 is 0 Å². The van der Waals surface area contributed by atoms with E-state index in [9.17, 15) is 0 Å². The highest BCUT2D eigenvalue weighted by molar-refractivity contribution is 5.97. The number of hydrogen-bond acceptors (Lipinski definition) is 2. The number of pyridine rings is 2. The molecule has 5 rings (SSSR count). The minimum absolute atomic E-state index is 0.976. The van der Waals surface area contributed by atoms with Gasteiger partial charge in [-0.1, -0.05) is 52.0 Å². The Balaban J connectivity index is 0.000000495. The number of para-hydroxylation sites is 1. The fraction of sp³-hybridized carbons (Fsp3) is 0.250. The molecular weight excluding hydrogens is 330 g/mol. The minimum Gasteiger partial charge on any atom is -0.353 e. The standard InChI is InChI=1S/C20H15N3.2C2H6/c1-3-7-17-13(5-1)11-14(12-22-17)19-20-16(9-10-21-19)15-6-2-4-8-18(15)23-20;2*1-2/h1,3-5,7-12,23H,2,6H2;2*1-2H3. The number of rotatable bonds is 1. The van der Waals surface area contributed by atoms with Crippen molar-refractivity contribution < 1.29 is 0 Å². The van der Waals surface area contributed by atoms with Crippen LogP contribution in [0.1, 0.15) is 45.4 Å². The van der Waals surface area contributed by atoms with E-state index in [0.717, 1.165) is 40.5 Å². The zero-order chi connectivity index (χ0) is 19.2. The molecule has 0 amide bonds. The Hall–Kier alpha value is -2.94. The second-order valence-electron chi connectivity index (χ2n) is 5.96. The summed E-state index contributed by atoms with van der Waals surface area (Å²) in [5, 5.41) is 2.42. The van der Waals surface area contributed by atoms with Gasteiger partial charge in [-0.15, -0.1) is 0 Å². The number of nitrogens with one attached hydrogen (secondary N) is 1. The average Bonchev–Trinajstić information content (AvgIpc) is 3.15. The lowest BCUT2D eigenvalue weighted by Crippen LogP contribution is -1.90. The second kappa shape index (κ2) is 8.63. The van der Waals surface area contributed by atoms with Crippen LogP contribution in [0.2, 0.25) is 0 Å². The van der Waals surface area contributed by atoms with Gasteiger partial charge in [-0.3, -0.25) is 9.97 Å². The SMILES string of the molecule is C1=Cc2[nH]c3c(-c4cnc5ccccc5c4)nccc3c2CC1.CC.CC. The Morgan fingerprint density at radius 1 is 0.963 bits per heavy atom. The van der Waals surface area contributed by atoms with E-state index in [4.69, 9.17) is 0 Å². The van der Waals surface area contributed by atoms with Crippen LogP contribution in [0.4, 0.5) is 0 Å². The van der Waals surface area contributed by atoms with Crippen LogP contribution in [-0.2, 0) is 6.42 Å². The third-order valence-corrected chi connectivity index (χ3v) is 4.57. The first-order valence-corrected chi connectivity index (χ1v) is 9.91. The van der Waals surface area contributed by atoms with Crippen LogP contribution in [0.15, 0.2) is 54.9 Å². The maximum Gasteiger partial charge on any atom is 0.0958 e. The summed E-state index contributed by atoms with van der Waals surface area (Å²) in [6.07, 6.45) is 10.4. The van der Waals surface area contributed by atoms with Gasteiger partial charge in [0.25, 0.3) is 0 Å². The van der Waals surface area contributed by atoms with Crippen LogP contribution in [0.3, 0.4) is 0 Å². The van der Waals surface area contributed by atoms with E-state index in [2.05, 4.69) is 45.3 Å². The van der Waals surface area contributed by atoms with E-state index < -0.39 is 0 Å². The molecule has 0 unspecified atom stereocenters. The molecule has 138 valence electrons. The molecule has 3 nitrogen and oxygen atoms in total. The lowest BCUT2D eigenvalue weighted by Gasteiger charge is -2.05. The van der Waals surface area contributed by atoms with E-state index in [1.54, 1.807) is 0 Å². The molecule has 3 heteroatoms. The number of H-pyrrole nitrogens is 1. The summed E-state index contributed by atoms with van der Waals surface area (Å²) in [7, 11) is 0. The highest BCUT2D eigenvalue weighted by atomic mass is 14.8. The van der Waals surface area contributed by atoms with Crippen molar-refractivity contribution in [1.82, 2.24) is 15.0 Å². The number of aromatic nitrogens is 3. The third kappa shape index (κ3) is 3.50. The Morgan fingerprint density at radius 2 is 1.78 bits per heavy atom. The quantitative estimate of drug-likeness (QED) is 0.407. The van der Waals surface area contributed by atoms with Crippen LogP contribution in [0, 0.1) is 0 Å². The second-order valence-corrected chi connectivity index (χ2v) is 5.96. The van der Waals surface area contributed by atoms with Gasteiger partial charge >= 0.3 is 0 Å². The summed E-state index contributed by atoms with van der Waals surface area (Å²) >= 11 is 0. The van der Waals surface area contributed by atoms with Crippen LogP contribution in [0.5, 0.6) is 0 Å². The van der Waals surface area contributed by atoms with Gasteiger partial charge in [0.1, 0.15) is 0 Å². The summed E-state index contributed by atoms with van der Waals surface area (Å²) in [5.41, 5.74) is 6.77. The zero-order valence-corrected chi connectivity index (χ0v) is 16.6. The molecule has 0 bridgehead atoms. The fourth-order valence-corrected chi connectivity index (χ4v) is 3.45. The van der Waals surface area contributed by atoms with Gasteiger partial charge in [-0.25, -0.2) is 0 Å². The fourth-order valence-electron chi connectivity index (χ4n) is 3.45. The molecule has 1 aliphatic carbocycles. The molecule has 0 saturated carbocycles. The Bertz CT molecular complexity index is 1070. The van der Waals surface area contributed by atoms with Crippen molar-refractivity contribution in [1.29, 1.82) is 0 Å². The Morgan fingerprint density at radius 3 is 2.63 bits per heavy atom. The van der Waals surface area contributed by atoms with Gasteiger partial charge in [-0.2, -0.15) is 0 Å². The van der Waals surface area contributed by atoms with E-state index in [1.807, 2.05) is 58.3 Å². The molecule has 0 atom stereocenters. The van der Waals surface area contributed by atoms with Crippen LogP contribution in [-0.4, -0.2) is 15.0 Å². The lowest BCUT2D eigenvalue weighted by molar-refractivity contribution is 0.992. The molecule has 0 saturated heterocycles. The summed E-state index contributed by atoms with van der Waals surface area (Å²) in [5.74, 6) is 0. The largest absolute Gasteiger partial charge is 0.353 e. The number of nitrogens with zero attached hydrogens (tertiary/aromatic N) is 2. The van der Waals surface area contributed by atoms with E-state index in [1.165, 1.54) is 16.6 Å². The normalized spacial score (nSPS) is 12.0. The Labute approximate surface area is 161 Å². The van der Waals surface area contributed by atoms with Crippen molar-refractivity contribution in [3.05, 3.63) is 66.1 Å². The van der Waals surface area contributed by atoms with Gasteiger partial charge in [-0.05, 0) is 42.7 Å². The predicted molar refractivity (Wildman–Crippen MR) is 117 cm³/mol. The van der Waals surface area contributed by atoms with E-state index in [-0.39, 0.29) is 0 Å².